The standard InChI is InChI=1S/C8H4Cl2O2.C8H18/c9-7(11)5-3-1-2-4-6(5)8(10)12;1-3-5-7-8-6-4-2/h1-4H;3-8H2,1-2H3. The van der Waals surface area contributed by atoms with Crippen molar-refractivity contribution in [3.63, 3.8) is 0 Å². The molecule has 0 aliphatic heterocycles. The monoisotopic (exact) mass is 316 g/mol. The molecule has 0 amide bonds. The van der Waals surface area contributed by atoms with Gasteiger partial charge in [0, 0.05) is 11.1 Å². The van der Waals surface area contributed by atoms with Crippen molar-refractivity contribution in [2.45, 2.75) is 52.4 Å². The van der Waals surface area contributed by atoms with Crippen LogP contribution in [0.15, 0.2) is 24.3 Å². The van der Waals surface area contributed by atoms with Gasteiger partial charge in [0.2, 0.25) is 0 Å². The van der Waals surface area contributed by atoms with Crippen molar-refractivity contribution in [3.8, 4) is 0 Å². The van der Waals surface area contributed by atoms with E-state index in [4.69, 9.17) is 23.2 Å². The van der Waals surface area contributed by atoms with E-state index in [-0.39, 0.29) is 11.1 Å². The van der Waals surface area contributed by atoms with Crippen LogP contribution < -0.4 is 0 Å². The van der Waals surface area contributed by atoms with Gasteiger partial charge in [-0.05, 0) is 35.3 Å². The Bertz CT molecular complexity index is 378. The zero-order valence-corrected chi connectivity index (χ0v) is 13.6. The summed E-state index contributed by atoms with van der Waals surface area (Å²) in [4.78, 5) is 21.5. The Labute approximate surface area is 131 Å². The van der Waals surface area contributed by atoms with E-state index in [1.807, 2.05) is 0 Å². The molecule has 0 N–H and O–H groups in total. The lowest BCUT2D eigenvalue weighted by Crippen LogP contribution is -1.99. The highest BCUT2D eigenvalue weighted by molar-refractivity contribution is 6.71. The van der Waals surface area contributed by atoms with Crippen molar-refractivity contribution >= 4 is 33.7 Å². The first-order valence-corrected chi connectivity index (χ1v) is 7.78. The Morgan fingerprint density at radius 2 is 1.15 bits per heavy atom. The van der Waals surface area contributed by atoms with E-state index in [9.17, 15) is 9.59 Å². The fraction of sp³-hybridized carbons (Fsp3) is 0.500. The molecule has 0 unspecified atom stereocenters. The van der Waals surface area contributed by atoms with Gasteiger partial charge in [0.25, 0.3) is 10.5 Å². The fourth-order valence-electron chi connectivity index (χ4n) is 1.68. The van der Waals surface area contributed by atoms with Gasteiger partial charge in [-0.2, -0.15) is 0 Å². The lowest BCUT2D eigenvalue weighted by molar-refractivity contribution is 0.105. The first kappa shape index (κ1) is 19.1. The maximum absolute atomic E-state index is 10.7. The average Bonchev–Trinajstić information content (AvgIpc) is 2.44. The van der Waals surface area contributed by atoms with Crippen LogP contribution >= 0.6 is 23.2 Å². The molecule has 4 heteroatoms. The summed E-state index contributed by atoms with van der Waals surface area (Å²) in [5.41, 5.74) is 0.276. The Kier molecular flexibility index (Phi) is 11.4. The van der Waals surface area contributed by atoms with Gasteiger partial charge in [-0.15, -0.1) is 0 Å². The average molecular weight is 317 g/mol. The molecule has 0 aliphatic carbocycles. The van der Waals surface area contributed by atoms with E-state index in [0.29, 0.717) is 0 Å². The molecule has 0 saturated heterocycles. The summed E-state index contributed by atoms with van der Waals surface area (Å²) < 4.78 is 0. The summed E-state index contributed by atoms with van der Waals surface area (Å²) in [5, 5.41) is -1.36. The number of rotatable bonds is 7. The van der Waals surface area contributed by atoms with Crippen molar-refractivity contribution in [2.75, 3.05) is 0 Å². The molecule has 0 radical (unpaired) electrons. The summed E-state index contributed by atoms with van der Waals surface area (Å²) >= 11 is 10.4. The summed E-state index contributed by atoms with van der Waals surface area (Å²) in [6.45, 7) is 4.51. The molecule has 0 saturated carbocycles. The van der Waals surface area contributed by atoms with Crippen LogP contribution in [-0.4, -0.2) is 10.5 Å². The van der Waals surface area contributed by atoms with E-state index < -0.39 is 10.5 Å². The molecule has 1 aromatic carbocycles. The predicted octanol–water partition coefficient (Wildman–Crippen LogP) is 5.81. The van der Waals surface area contributed by atoms with Crippen molar-refractivity contribution < 1.29 is 9.59 Å². The molecular formula is C16H22Cl2O2. The summed E-state index contributed by atoms with van der Waals surface area (Å²) in [5.74, 6) is 0. The van der Waals surface area contributed by atoms with Crippen LogP contribution in [0.4, 0.5) is 0 Å². The quantitative estimate of drug-likeness (QED) is 0.469. The summed E-state index contributed by atoms with van der Waals surface area (Å²) in [6, 6.07) is 6.12. The van der Waals surface area contributed by atoms with Crippen LogP contribution in [0.25, 0.3) is 0 Å². The van der Waals surface area contributed by atoms with E-state index in [1.165, 1.54) is 50.7 Å². The van der Waals surface area contributed by atoms with Crippen LogP contribution in [0.1, 0.15) is 73.1 Å². The van der Waals surface area contributed by atoms with Gasteiger partial charge in [-0.25, -0.2) is 0 Å². The molecule has 0 aliphatic rings. The third kappa shape index (κ3) is 8.34. The van der Waals surface area contributed by atoms with Crippen LogP contribution in [-0.2, 0) is 0 Å². The van der Waals surface area contributed by atoms with Crippen molar-refractivity contribution in [3.05, 3.63) is 35.4 Å². The molecule has 0 spiro atoms. The predicted molar refractivity (Wildman–Crippen MR) is 85.9 cm³/mol. The Morgan fingerprint density at radius 1 is 0.800 bits per heavy atom. The number of hydrogen-bond donors (Lipinski definition) is 0. The van der Waals surface area contributed by atoms with E-state index in [0.717, 1.165) is 0 Å². The Morgan fingerprint density at radius 3 is 1.40 bits per heavy atom. The van der Waals surface area contributed by atoms with Crippen LogP contribution in [0, 0.1) is 0 Å². The zero-order valence-electron chi connectivity index (χ0n) is 12.1. The molecule has 2 nitrogen and oxygen atoms in total. The van der Waals surface area contributed by atoms with Gasteiger partial charge in [0.1, 0.15) is 0 Å². The highest BCUT2D eigenvalue weighted by Gasteiger charge is 2.12. The van der Waals surface area contributed by atoms with Crippen LogP contribution in [0.5, 0.6) is 0 Å². The van der Waals surface area contributed by atoms with Crippen molar-refractivity contribution in [1.82, 2.24) is 0 Å². The minimum atomic E-state index is -0.681. The van der Waals surface area contributed by atoms with Gasteiger partial charge < -0.3 is 0 Å². The molecule has 0 heterocycles. The summed E-state index contributed by atoms with van der Waals surface area (Å²) in [6.07, 6.45) is 8.49. The van der Waals surface area contributed by atoms with E-state index in [1.54, 1.807) is 12.1 Å². The molecular weight excluding hydrogens is 295 g/mol. The first-order valence-electron chi connectivity index (χ1n) is 7.03. The van der Waals surface area contributed by atoms with Gasteiger partial charge in [0.05, 0.1) is 0 Å². The van der Waals surface area contributed by atoms with E-state index >= 15 is 0 Å². The lowest BCUT2D eigenvalue weighted by atomic mass is 10.1. The van der Waals surface area contributed by atoms with Gasteiger partial charge >= 0.3 is 0 Å². The third-order valence-electron chi connectivity index (χ3n) is 2.81. The van der Waals surface area contributed by atoms with Crippen LogP contribution in [0.3, 0.4) is 0 Å². The number of hydrogen-bond acceptors (Lipinski definition) is 2. The maximum Gasteiger partial charge on any atom is 0.253 e. The lowest BCUT2D eigenvalue weighted by Gasteiger charge is -1.98. The molecule has 112 valence electrons. The second-order valence-corrected chi connectivity index (χ2v) is 5.19. The third-order valence-corrected chi connectivity index (χ3v) is 3.21. The second kappa shape index (κ2) is 11.9. The number of benzene rings is 1. The molecule has 0 bridgehead atoms. The minimum absolute atomic E-state index is 0.138. The molecule has 0 aromatic heterocycles. The largest absolute Gasteiger partial charge is 0.276 e. The Balaban J connectivity index is 0.000000396. The van der Waals surface area contributed by atoms with E-state index in [2.05, 4.69) is 13.8 Å². The maximum atomic E-state index is 10.7. The normalized spacial score (nSPS) is 9.60. The molecule has 1 aromatic rings. The van der Waals surface area contributed by atoms with Gasteiger partial charge in [-0.3, -0.25) is 9.59 Å². The smallest absolute Gasteiger partial charge is 0.253 e. The number of unbranched alkanes of at least 4 members (excludes halogenated alkanes) is 5. The van der Waals surface area contributed by atoms with Gasteiger partial charge in [-0.1, -0.05) is 64.5 Å². The first-order chi connectivity index (χ1) is 9.54. The number of carbonyl (C=O) groups is 2. The summed E-state index contributed by atoms with van der Waals surface area (Å²) in [7, 11) is 0. The molecule has 1 rings (SSSR count). The van der Waals surface area contributed by atoms with Crippen LogP contribution in [0.2, 0.25) is 0 Å². The van der Waals surface area contributed by atoms with Crippen molar-refractivity contribution in [2.24, 2.45) is 0 Å². The fourth-order valence-corrected chi connectivity index (χ4v) is 2.01. The SMILES string of the molecule is CCCCCCCC.O=C(Cl)c1ccccc1C(=O)Cl. The Hall–Kier alpha value is -0.860. The topological polar surface area (TPSA) is 34.1 Å². The number of halogens is 2. The van der Waals surface area contributed by atoms with Crippen molar-refractivity contribution in [1.29, 1.82) is 0 Å². The molecule has 0 fully saturated rings. The molecule has 20 heavy (non-hydrogen) atoms. The zero-order chi connectivity index (χ0) is 15.4. The van der Waals surface area contributed by atoms with Gasteiger partial charge in [0.15, 0.2) is 0 Å². The number of carbonyl (C=O) groups excluding carboxylic acids is 2. The highest BCUT2D eigenvalue weighted by Crippen LogP contribution is 2.13. The second-order valence-electron chi connectivity index (χ2n) is 4.51. The highest BCUT2D eigenvalue weighted by atomic mass is 35.5. The minimum Gasteiger partial charge on any atom is -0.276 e. The molecule has 0 atom stereocenters.